The number of fused-ring (bicyclic) bond motifs is 1. The number of aromatic amines is 1. The van der Waals surface area contributed by atoms with Crippen LogP contribution in [0, 0.1) is 5.82 Å². The maximum absolute atomic E-state index is 14.0. The maximum Gasteiger partial charge on any atom is 0.259 e. The molecular weight excluding hydrogens is 373 g/mol. The standard InChI is InChI=1S/C19H19ClFN3O3/c1-24(9-12-13(20)5-4-6-14(12)21)10-18-22-15-8-17(27-3)16(26-2)7-11(15)19(25)23-18/h4-8H,9-10H2,1-3H3,(H,22,23,25)/p+1. The van der Waals surface area contributed by atoms with Crippen LogP contribution in [0.15, 0.2) is 35.1 Å². The molecule has 27 heavy (non-hydrogen) atoms. The monoisotopic (exact) mass is 392 g/mol. The van der Waals surface area contributed by atoms with E-state index in [0.29, 0.717) is 51.9 Å². The van der Waals surface area contributed by atoms with Crippen molar-refractivity contribution in [3.8, 4) is 11.5 Å². The van der Waals surface area contributed by atoms with Crippen molar-refractivity contribution in [3.63, 3.8) is 0 Å². The van der Waals surface area contributed by atoms with E-state index >= 15 is 0 Å². The number of rotatable bonds is 6. The third kappa shape index (κ3) is 4.04. The third-order valence-electron chi connectivity index (χ3n) is 4.27. The molecule has 0 bridgehead atoms. The van der Waals surface area contributed by atoms with E-state index < -0.39 is 0 Å². The number of hydrogen-bond acceptors (Lipinski definition) is 4. The quantitative estimate of drug-likeness (QED) is 0.672. The summed E-state index contributed by atoms with van der Waals surface area (Å²) in [6.45, 7) is 0.753. The van der Waals surface area contributed by atoms with Crippen molar-refractivity contribution in [3.05, 3.63) is 62.9 Å². The topological polar surface area (TPSA) is 68.7 Å². The van der Waals surface area contributed by atoms with Gasteiger partial charge in [0.15, 0.2) is 17.3 Å². The Bertz CT molecular complexity index is 1020. The lowest BCUT2D eigenvalue weighted by Crippen LogP contribution is -3.06. The molecule has 0 fully saturated rings. The first kappa shape index (κ1) is 19.1. The van der Waals surface area contributed by atoms with Gasteiger partial charge >= 0.3 is 0 Å². The number of quaternary nitrogens is 1. The molecule has 0 aliphatic rings. The van der Waals surface area contributed by atoms with Gasteiger partial charge in [-0.1, -0.05) is 17.7 Å². The summed E-state index contributed by atoms with van der Waals surface area (Å²) in [5.74, 6) is 1.10. The van der Waals surface area contributed by atoms with Crippen molar-refractivity contribution in [1.82, 2.24) is 9.97 Å². The summed E-state index contributed by atoms with van der Waals surface area (Å²) in [6.07, 6.45) is 0. The molecule has 3 aromatic rings. The van der Waals surface area contributed by atoms with Crippen LogP contribution in [0.4, 0.5) is 4.39 Å². The van der Waals surface area contributed by atoms with E-state index in [0.717, 1.165) is 4.90 Å². The van der Waals surface area contributed by atoms with Crippen LogP contribution >= 0.6 is 11.6 Å². The fourth-order valence-corrected chi connectivity index (χ4v) is 3.18. The zero-order valence-corrected chi connectivity index (χ0v) is 16.0. The second-order valence-electron chi connectivity index (χ2n) is 6.25. The summed E-state index contributed by atoms with van der Waals surface area (Å²) in [6, 6.07) is 7.86. The molecule has 1 heterocycles. The highest BCUT2D eigenvalue weighted by molar-refractivity contribution is 6.31. The van der Waals surface area contributed by atoms with Crippen LogP contribution in [0.2, 0.25) is 5.02 Å². The minimum Gasteiger partial charge on any atom is -0.493 e. The molecule has 3 rings (SSSR count). The third-order valence-corrected chi connectivity index (χ3v) is 4.62. The Morgan fingerprint density at radius 1 is 1.19 bits per heavy atom. The van der Waals surface area contributed by atoms with Crippen LogP contribution in [0.25, 0.3) is 10.9 Å². The Balaban J connectivity index is 1.89. The molecule has 1 aromatic heterocycles. The number of benzene rings is 2. The van der Waals surface area contributed by atoms with Crippen LogP contribution in [0.1, 0.15) is 11.4 Å². The van der Waals surface area contributed by atoms with E-state index in [4.69, 9.17) is 21.1 Å². The zero-order chi connectivity index (χ0) is 19.6. The number of halogens is 2. The number of hydrogen-bond donors (Lipinski definition) is 2. The lowest BCUT2D eigenvalue weighted by atomic mass is 10.2. The number of methoxy groups -OCH3 is 2. The summed E-state index contributed by atoms with van der Waals surface area (Å²) >= 11 is 6.09. The highest BCUT2D eigenvalue weighted by Gasteiger charge is 2.16. The Labute approximate surface area is 160 Å². The molecule has 0 amide bonds. The maximum atomic E-state index is 14.0. The van der Waals surface area contributed by atoms with Crippen LogP contribution in [0.3, 0.4) is 0 Å². The highest BCUT2D eigenvalue weighted by atomic mass is 35.5. The molecular formula is C19H20ClFN3O3+. The van der Waals surface area contributed by atoms with Crippen LogP contribution in [0.5, 0.6) is 11.5 Å². The Kier molecular flexibility index (Phi) is 5.62. The molecule has 2 N–H and O–H groups in total. The van der Waals surface area contributed by atoms with Gasteiger partial charge in [0.1, 0.15) is 18.9 Å². The average Bonchev–Trinajstić information content (AvgIpc) is 2.64. The largest absolute Gasteiger partial charge is 0.493 e. The molecule has 0 spiro atoms. The smallest absolute Gasteiger partial charge is 0.259 e. The van der Waals surface area contributed by atoms with Gasteiger partial charge in [-0.05, 0) is 18.2 Å². The van der Waals surface area contributed by atoms with E-state index in [1.54, 1.807) is 24.3 Å². The first-order valence-electron chi connectivity index (χ1n) is 8.32. The average molecular weight is 393 g/mol. The molecule has 0 aliphatic carbocycles. The zero-order valence-electron chi connectivity index (χ0n) is 15.2. The second-order valence-corrected chi connectivity index (χ2v) is 6.66. The number of H-pyrrole nitrogens is 1. The molecule has 0 radical (unpaired) electrons. The molecule has 8 heteroatoms. The highest BCUT2D eigenvalue weighted by Crippen LogP contribution is 2.29. The molecule has 142 valence electrons. The molecule has 0 saturated carbocycles. The van der Waals surface area contributed by atoms with Gasteiger partial charge in [-0.25, -0.2) is 9.37 Å². The lowest BCUT2D eigenvalue weighted by molar-refractivity contribution is -0.908. The normalized spacial score (nSPS) is 12.2. The second kappa shape index (κ2) is 7.94. The molecule has 0 aliphatic heterocycles. The van der Waals surface area contributed by atoms with Crippen molar-refractivity contribution in [2.75, 3.05) is 21.3 Å². The molecule has 1 atom stereocenters. The fourth-order valence-electron chi connectivity index (χ4n) is 2.95. The minimum absolute atomic E-state index is 0.271. The predicted octanol–water partition coefficient (Wildman–Crippen LogP) is 1.95. The van der Waals surface area contributed by atoms with Crippen LogP contribution in [-0.4, -0.2) is 31.2 Å². The van der Waals surface area contributed by atoms with Crippen molar-refractivity contribution >= 4 is 22.5 Å². The van der Waals surface area contributed by atoms with E-state index in [2.05, 4.69) is 9.97 Å². The summed E-state index contributed by atoms with van der Waals surface area (Å²) in [4.78, 5) is 20.6. The number of ether oxygens (including phenoxy) is 2. The van der Waals surface area contributed by atoms with Gasteiger partial charge in [-0.3, -0.25) is 4.79 Å². The van der Waals surface area contributed by atoms with Gasteiger partial charge in [0, 0.05) is 6.07 Å². The van der Waals surface area contributed by atoms with E-state index in [-0.39, 0.29) is 11.4 Å². The van der Waals surface area contributed by atoms with Gasteiger partial charge in [0.25, 0.3) is 5.56 Å². The summed E-state index contributed by atoms with van der Waals surface area (Å²) in [5, 5.41) is 0.789. The first-order chi connectivity index (χ1) is 12.9. The first-order valence-corrected chi connectivity index (χ1v) is 8.69. The number of aromatic nitrogens is 2. The van der Waals surface area contributed by atoms with E-state index in [9.17, 15) is 9.18 Å². The predicted molar refractivity (Wildman–Crippen MR) is 101 cm³/mol. The van der Waals surface area contributed by atoms with Gasteiger partial charge in [-0.2, -0.15) is 0 Å². The molecule has 2 aromatic carbocycles. The lowest BCUT2D eigenvalue weighted by Gasteiger charge is -2.15. The fraction of sp³-hybridized carbons (Fsp3) is 0.263. The Hall–Kier alpha value is -2.64. The van der Waals surface area contributed by atoms with Gasteiger partial charge in [0.2, 0.25) is 0 Å². The van der Waals surface area contributed by atoms with E-state index in [1.165, 1.54) is 20.3 Å². The van der Waals surface area contributed by atoms with E-state index in [1.807, 2.05) is 7.05 Å². The number of nitrogens with zero attached hydrogens (tertiary/aromatic N) is 1. The summed E-state index contributed by atoms with van der Waals surface area (Å²) in [7, 11) is 4.90. The molecule has 0 saturated heterocycles. The van der Waals surface area contributed by atoms with Gasteiger partial charge in [-0.15, -0.1) is 0 Å². The summed E-state index contributed by atoms with van der Waals surface area (Å²) in [5.41, 5.74) is 0.669. The van der Waals surface area contributed by atoms with Crippen molar-refractivity contribution in [1.29, 1.82) is 0 Å². The Morgan fingerprint density at radius 2 is 1.89 bits per heavy atom. The van der Waals surface area contributed by atoms with Gasteiger partial charge in [0.05, 0.1) is 42.8 Å². The van der Waals surface area contributed by atoms with Crippen molar-refractivity contribution in [2.45, 2.75) is 13.1 Å². The van der Waals surface area contributed by atoms with Crippen molar-refractivity contribution in [2.24, 2.45) is 0 Å². The van der Waals surface area contributed by atoms with Gasteiger partial charge < -0.3 is 19.4 Å². The van der Waals surface area contributed by atoms with Crippen molar-refractivity contribution < 1.29 is 18.8 Å². The van der Waals surface area contributed by atoms with Crippen LogP contribution < -0.4 is 19.9 Å². The molecule has 1 unspecified atom stereocenters. The summed E-state index contributed by atoms with van der Waals surface area (Å²) < 4.78 is 24.5. The minimum atomic E-state index is -0.348. The van der Waals surface area contributed by atoms with Crippen LogP contribution in [-0.2, 0) is 13.1 Å². The SMILES string of the molecule is COc1cc2nc(C[NH+](C)Cc3c(F)cccc3Cl)[nH]c(=O)c2cc1OC. The number of nitrogens with one attached hydrogen (secondary N) is 2. The Morgan fingerprint density at radius 3 is 2.56 bits per heavy atom. The molecule has 6 nitrogen and oxygen atoms in total.